The molecule has 0 spiro atoms. The van der Waals surface area contributed by atoms with E-state index in [0.29, 0.717) is 0 Å². The Balaban J connectivity index is 4.45. The van der Waals surface area contributed by atoms with Crippen LogP contribution in [0.15, 0.2) is 4.99 Å². The molecule has 0 aromatic rings. The lowest BCUT2D eigenvalue weighted by molar-refractivity contribution is 0.251. The molecule has 0 bridgehead atoms. The Bertz CT molecular complexity index is 253. The van der Waals surface area contributed by atoms with Crippen molar-refractivity contribution >= 4 is 24.1 Å². The second kappa shape index (κ2) is 4.54. The molecule has 0 rings (SSSR count). The molecule has 0 aromatic carbocycles. The van der Waals surface area contributed by atoms with Crippen molar-refractivity contribution in [2.24, 2.45) is 22.2 Å². The molecule has 0 unspecified atom stereocenters. The zero-order valence-electron chi connectivity index (χ0n) is 6.40. The molecule has 0 radical (unpaired) electrons. The second-order valence-electron chi connectivity index (χ2n) is 1.78. The topological polar surface area (TPSA) is 166 Å². The molecular formula is C4H8N6O3. The molecular weight excluding hydrogens is 180 g/mol. The lowest BCUT2D eigenvalue weighted by Crippen LogP contribution is -2.48. The Hall–Kier alpha value is -2.32. The van der Waals surface area contributed by atoms with Gasteiger partial charge in [0.05, 0.1) is 0 Å². The lowest BCUT2D eigenvalue weighted by Gasteiger charge is -2.04. The highest BCUT2D eigenvalue weighted by Crippen LogP contribution is 1.71. The van der Waals surface area contributed by atoms with E-state index in [1.807, 2.05) is 10.6 Å². The van der Waals surface area contributed by atoms with E-state index >= 15 is 0 Å². The van der Waals surface area contributed by atoms with Gasteiger partial charge >= 0.3 is 18.1 Å². The van der Waals surface area contributed by atoms with Crippen LogP contribution >= 0.6 is 0 Å². The minimum atomic E-state index is -1.11. The summed E-state index contributed by atoms with van der Waals surface area (Å²) in [5.41, 5.74) is 14.0. The van der Waals surface area contributed by atoms with E-state index in [-0.39, 0.29) is 0 Å². The smallest absolute Gasteiger partial charge is 0.341 e. The molecule has 0 fully saturated rings. The third-order valence-electron chi connectivity index (χ3n) is 0.705. The van der Waals surface area contributed by atoms with Crippen LogP contribution in [0.25, 0.3) is 0 Å². The Morgan fingerprint density at radius 1 is 0.923 bits per heavy atom. The Morgan fingerprint density at radius 2 is 1.31 bits per heavy atom. The average molecular weight is 188 g/mol. The minimum absolute atomic E-state index is 0.521. The van der Waals surface area contributed by atoms with Gasteiger partial charge in [-0.2, -0.15) is 4.99 Å². The summed E-state index contributed by atoms with van der Waals surface area (Å²) in [5, 5.41) is 3.64. The standard InChI is InChI=1S/C4H8N6O3/c5-1(11)8-4(9-2(6)12)10-3(7)13/h(H8,5,6,7,8,9,10,11,12,13). The van der Waals surface area contributed by atoms with Crippen molar-refractivity contribution in [2.75, 3.05) is 0 Å². The first-order chi connectivity index (χ1) is 5.91. The van der Waals surface area contributed by atoms with Crippen LogP contribution < -0.4 is 27.8 Å². The zero-order chi connectivity index (χ0) is 10.4. The van der Waals surface area contributed by atoms with Gasteiger partial charge in [-0.05, 0) is 0 Å². The summed E-state index contributed by atoms with van der Waals surface area (Å²) in [6, 6.07) is -3.15. The zero-order valence-corrected chi connectivity index (χ0v) is 6.40. The van der Waals surface area contributed by atoms with Crippen LogP contribution in [0.5, 0.6) is 0 Å². The summed E-state index contributed by atoms with van der Waals surface area (Å²) >= 11 is 0. The van der Waals surface area contributed by atoms with Crippen LogP contribution in [0.2, 0.25) is 0 Å². The van der Waals surface area contributed by atoms with Crippen LogP contribution in [-0.2, 0) is 0 Å². The number of guanidine groups is 1. The third kappa shape index (κ3) is 6.09. The summed E-state index contributed by atoms with van der Waals surface area (Å²) in [6.07, 6.45) is 0. The Morgan fingerprint density at radius 3 is 1.54 bits per heavy atom. The summed E-state index contributed by atoms with van der Waals surface area (Å²) in [6.45, 7) is 0. The molecule has 13 heavy (non-hydrogen) atoms. The highest BCUT2D eigenvalue weighted by atomic mass is 16.2. The molecule has 0 saturated carbocycles. The highest BCUT2D eigenvalue weighted by Gasteiger charge is 2.05. The highest BCUT2D eigenvalue weighted by molar-refractivity contribution is 6.06. The van der Waals surface area contributed by atoms with Crippen LogP contribution in [0.4, 0.5) is 14.4 Å². The summed E-state index contributed by atoms with van der Waals surface area (Å²) < 4.78 is 0. The van der Waals surface area contributed by atoms with Crippen LogP contribution in [0.3, 0.4) is 0 Å². The molecule has 0 atom stereocenters. The first kappa shape index (κ1) is 10.7. The number of aliphatic imine (C=N–C) groups is 1. The number of primary amides is 3. The number of nitrogens with two attached hydrogens (primary N) is 3. The van der Waals surface area contributed by atoms with Gasteiger partial charge in [0.15, 0.2) is 0 Å². The van der Waals surface area contributed by atoms with Crippen LogP contribution in [0.1, 0.15) is 0 Å². The molecule has 8 N–H and O–H groups in total. The summed E-state index contributed by atoms with van der Waals surface area (Å²) in [5.74, 6) is -0.521. The van der Waals surface area contributed by atoms with E-state index in [2.05, 4.69) is 22.2 Å². The number of nitrogens with one attached hydrogen (secondary N) is 2. The van der Waals surface area contributed by atoms with Crippen molar-refractivity contribution in [1.29, 1.82) is 0 Å². The fraction of sp³-hybridized carbons (Fsp3) is 0. The fourth-order valence-corrected chi connectivity index (χ4v) is 0.431. The minimum Gasteiger partial charge on any atom is -0.351 e. The lowest BCUT2D eigenvalue weighted by atomic mass is 10.8. The number of carbonyl (C=O) groups is 3. The third-order valence-corrected chi connectivity index (χ3v) is 0.705. The molecule has 72 valence electrons. The maximum Gasteiger partial charge on any atom is 0.341 e. The molecule has 6 amide bonds. The predicted octanol–water partition coefficient (Wildman–Crippen LogP) is -2.24. The van der Waals surface area contributed by atoms with E-state index in [4.69, 9.17) is 0 Å². The molecule has 9 nitrogen and oxygen atoms in total. The van der Waals surface area contributed by atoms with E-state index in [0.717, 1.165) is 0 Å². The number of amides is 6. The van der Waals surface area contributed by atoms with E-state index < -0.39 is 24.1 Å². The Labute approximate surface area is 72.3 Å². The monoisotopic (exact) mass is 188 g/mol. The number of hydrogen-bond donors (Lipinski definition) is 5. The second-order valence-corrected chi connectivity index (χ2v) is 1.78. The largest absolute Gasteiger partial charge is 0.351 e. The number of carbonyl (C=O) groups excluding carboxylic acids is 3. The number of nitrogens with zero attached hydrogens (tertiary/aromatic N) is 1. The maximum atomic E-state index is 10.3. The molecule has 0 aromatic heterocycles. The maximum absolute atomic E-state index is 10.3. The van der Waals surface area contributed by atoms with Gasteiger partial charge in [-0.1, -0.05) is 0 Å². The van der Waals surface area contributed by atoms with Gasteiger partial charge in [-0.15, -0.1) is 0 Å². The molecule has 0 aliphatic rings. The van der Waals surface area contributed by atoms with E-state index in [9.17, 15) is 14.4 Å². The van der Waals surface area contributed by atoms with Gasteiger partial charge in [-0.25, -0.2) is 14.4 Å². The fourth-order valence-electron chi connectivity index (χ4n) is 0.431. The quantitative estimate of drug-likeness (QED) is 0.214. The van der Waals surface area contributed by atoms with Crippen LogP contribution in [0, 0.1) is 0 Å². The van der Waals surface area contributed by atoms with Crippen LogP contribution in [-0.4, -0.2) is 24.1 Å². The Kier molecular flexibility index (Phi) is 3.73. The average Bonchev–Trinajstić information content (AvgIpc) is 1.80. The van der Waals surface area contributed by atoms with Gasteiger partial charge in [-0.3, -0.25) is 10.6 Å². The van der Waals surface area contributed by atoms with E-state index in [1.165, 1.54) is 0 Å². The number of rotatable bonds is 0. The number of hydrogen-bond acceptors (Lipinski definition) is 3. The van der Waals surface area contributed by atoms with Crippen molar-refractivity contribution in [1.82, 2.24) is 10.6 Å². The number of urea groups is 3. The van der Waals surface area contributed by atoms with Crippen molar-refractivity contribution < 1.29 is 14.4 Å². The molecule has 0 aliphatic heterocycles. The normalized spacial score (nSPS) is 8.31. The molecule has 0 saturated heterocycles. The van der Waals surface area contributed by atoms with Crippen molar-refractivity contribution in [3.05, 3.63) is 0 Å². The molecule has 0 heterocycles. The predicted molar refractivity (Wildman–Crippen MR) is 42.5 cm³/mol. The van der Waals surface area contributed by atoms with Crippen molar-refractivity contribution in [2.45, 2.75) is 0 Å². The SMILES string of the molecule is NC(=O)N=C(NC(N)=O)NC(N)=O. The van der Waals surface area contributed by atoms with E-state index in [1.54, 1.807) is 0 Å². The van der Waals surface area contributed by atoms with Gasteiger partial charge in [0, 0.05) is 0 Å². The van der Waals surface area contributed by atoms with Crippen molar-refractivity contribution in [3.8, 4) is 0 Å². The molecule has 9 heteroatoms. The van der Waals surface area contributed by atoms with Gasteiger partial charge in [0.2, 0.25) is 5.96 Å². The van der Waals surface area contributed by atoms with Gasteiger partial charge in [0.25, 0.3) is 0 Å². The summed E-state index contributed by atoms with van der Waals surface area (Å²) in [7, 11) is 0. The summed E-state index contributed by atoms with van der Waals surface area (Å²) in [4.78, 5) is 33.7. The van der Waals surface area contributed by atoms with Crippen molar-refractivity contribution in [3.63, 3.8) is 0 Å². The van der Waals surface area contributed by atoms with Gasteiger partial charge < -0.3 is 17.2 Å². The molecule has 0 aliphatic carbocycles. The first-order valence-corrected chi connectivity index (χ1v) is 2.93. The van der Waals surface area contributed by atoms with Gasteiger partial charge in [0.1, 0.15) is 0 Å². The first-order valence-electron chi connectivity index (χ1n) is 2.93.